The van der Waals surface area contributed by atoms with Crippen LogP contribution >= 0.6 is 0 Å². The van der Waals surface area contributed by atoms with Gasteiger partial charge in [0.25, 0.3) is 35.4 Å². The van der Waals surface area contributed by atoms with Crippen molar-refractivity contribution >= 4 is 78.8 Å². The number of hydrogen-bond donors (Lipinski definition) is 4. The van der Waals surface area contributed by atoms with Gasteiger partial charge in [0, 0.05) is 110 Å². The molecular formula is C95H114N13O20S2+. The molecule has 130 heavy (non-hydrogen) atoms. The van der Waals surface area contributed by atoms with Crippen molar-refractivity contribution in [3.63, 3.8) is 0 Å². The highest BCUT2D eigenvalue weighted by Crippen LogP contribution is 2.46. The molecule has 0 bridgehead atoms. The van der Waals surface area contributed by atoms with Crippen molar-refractivity contribution in [3.8, 4) is 34.5 Å². The third-order valence-corrected chi connectivity index (χ3v) is 27.0. The highest BCUT2D eigenvalue weighted by molar-refractivity contribution is 7.89. The molecule has 6 aliphatic heterocycles. The number of nitrogens with one attached hydrogen (secondary N) is 2. The minimum absolute atomic E-state index is 0.0200. The molecule has 1 aromatic heterocycles. The maximum Gasteiger partial charge on any atom is 0.333 e. The fourth-order valence-electron chi connectivity index (χ4n) is 17.9. The number of amides is 6. The van der Waals surface area contributed by atoms with Crippen molar-refractivity contribution in [3.05, 3.63) is 243 Å². The lowest BCUT2D eigenvalue weighted by Crippen LogP contribution is -2.47. The van der Waals surface area contributed by atoms with Crippen molar-refractivity contribution in [2.75, 3.05) is 169 Å². The molecule has 33 nitrogen and oxygen atoms in total. The molecular weight excluding hydrogens is 1710 g/mol. The van der Waals surface area contributed by atoms with Gasteiger partial charge < -0.3 is 57.9 Å². The lowest BCUT2D eigenvalue weighted by molar-refractivity contribution is -0.751. The molecule has 3 saturated heterocycles. The van der Waals surface area contributed by atoms with Crippen molar-refractivity contribution in [1.82, 2.24) is 43.5 Å². The highest BCUT2D eigenvalue weighted by Gasteiger charge is 2.47. The Labute approximate surface area is 758 Å². The third-order valence-electron chi connectivity index (χ3n) is 25.1. The number of likely N-dealkylation sites (N-methyl/N-ethyl adjacent to an activating group) is 1. The van der Waals surface area contributed by atoms with E-state index in [1.807, 2.05) is 65.4 Å². The molecule has 0 spiro atoms. The molecule has 0 saturated carbocycles. The van der Waals surface area contributed by atoms with Gasteiger partial charge in [-0.05, 0) is 147 Å². The number of piperazine rings is 3. The minimum atomic E-state index is -4.47. The number of aromatic nitrogens is 2. The van der Waals surface area contributed by atoms with Crippen LogP contribution in [0.4, 0.5) is 17.1 Å². The summed E-state index contributed by atoms with van der Waals surface area (Å²) in [6, 6.07) is 50.8. The molecule has 3 fully saturated rings. The summed E-state index contributed by atoms with van der Waals surface area (Å²) < 4.78 is 104. The number of carbonyl (C=O) groups excluding carboxylic acids is 6. The Balaban J connectivity index is 0.000000168. The SMILES string of the molecule is CCN1CCN(c2cccc3c2C(=O)N([C@H](CCCOCC(=O)O)c2ccc(OC)c(OC)c2)C3=O)CC1.COc1ccc([C@@H](CCNS(=O)(=O)O)N2C(=O)c3cccc(N4CCN([C@H](C)c5ccccc5)CC4)c3C2=O)cc1OC.COc1ccc([C@@H](CCNS(=O)(=O)c2cn(C)[n+](C)c2)N2C(=O)c3cccc(N4CCN([C@H](C)c5ccccc5)CC4)c3C2=O)cc1OC. The molecule has 0 unspecified atom stereocenters. The maximum absolute atomic E-state index is 14.4. The van der Waals surface area contributed by atoms with Crippen LogP contribution in [-0.4, -0.2) is 256 Å². The van der Waals surface area contributed by atoms with E-state index in [2.05, 4.69) is 91.3 Å². The number of methoxy groups -OCH3 is 6. The van der Waals surface area contributed by atoms with Crippen molar-refractivity contribution in [2.24, 2.45) is 14.1 Å². The number of imide groups is 3. The number of nitrogens with zero attached hydrogens (tertiary/aromatic N) is 11. The largest absolute Gasteiger partial charge is 0.493 e. The summed E-state index contributed by atoms with van der Waals surface area (Å²) in [5, 5.41) is 8.86. The van der Waals surface area contributed by atoms with Crippen LogP contribution in [0.2, 0.25) is 0 Å². The van der Waals surface area contributed by atoms with Gasteiger partial charge in [0.1, 0.15) is 6.61 Å². The van der Waals surface area contributed by atoms with E-state index in [-0.39, 0.29) is 61.3 Å². The number of carboxylic acids is 1. The fraction of sp³-hybridized carbons (Fsp3) is 0.389. The van der Waals surface area contributed by atoms with Crippen molar-refractivity contribution < 1.29 is 97.9 Å². The number of benzene rings is 8. The number of aryl methyl sites for hydroxylation is 2. The summed E-state index contributed by atoms with van der Waals surface area (Å²) in [4.78, 5) is 113. The van der Waals surface area contributed by atoms with Gasteiger partial charge in [-0.15, -0.1) is 4.68 Å². The van der Waals surface area contributed by atoms with Crippen LogP contribution in [0.15, 0.2) is 187 Å². The van der Waals surface area contributed by atoms with E-state index in [4.69, 9.17) is 38.3 Å². The van der Waals surface area contributed by atoms with E-state index in [1.165, 1.54) is 73.8 Å². The van der Waals surface area contributed by atoms with Gasteiger partial charge >= 0.3 is 16.3 Å². The Morgan fingerprint density at radius 1 is 0.438 bits per heavy atom. The molecule has 35 heteroatoms. The molecule has 6 amide bonds. The second-order valence-corrected chi connectivity index (χ2v) is 35.3. The molecule has 5 atom stereocenters. The fourth-order valence-corrected chi connectivity index (χ4v) is 19.4. The second-order valence-electron chi connectivity index (χ2n) is 32.3. The predicted octanol–water partition coefficient (Wildman–Crippen LogP) is 10.2. The van der Waals surface area contributed by atoms with Gasteiger partial charge in [-0.2, -0.15) is 17.8 Å². The zero-order valence-corrected chi connectivity index (χ0v) is 76.7. The van der Waals surface area contributed by atoms with E-state index in [1.54, 1.807) is 103 Å². The Kier molecular flexibility index (Phi) is 31.1. The second kappa shape index (κ2) is 42.5. The number of hydrogen-bond acceptors (Lipinski definition) is 24. The Morgan fingerprint density at radius 2 is 0.792 bits per heavy atom. The smallest absolute Gasteiger partial charge is 0.333 e. The molecule has 0 aliphatic carbocycles. The van der Waals surface area contributed by atoms with Crippen LogP contribution in [0.25, 0.3) is 0 Å². The van der Waals surface area contributed by atoms with E-state index in [0.29, 0.717) is 129 Å². The lowest BCUT2D eigenvalue weighted by atomic mass is 9.99. The van der Waals surface area contributed by atoms with Crippen LogP contribution in [0.1, 0.15) is 167 Å². The normalized spacial score (nSPS) is 16.7. The van der Waals surface area contributed by atoms with Crippen LogP contribution in [0.5, 0.6) is 34.5 Å². The van der Waals surface area contributed by atoms with E-state index < -0.39 is 74.7 Å². The molecule has 9 aromatic rings. The molecule has 690 valence electrons. The Morgan fingerprint density at radius 3 is 1.12 bits per heavy atom. The monoisotopic (exact) mass is 1820 g/mol. The van der Waals surface area contributed by atoms with Gasteiger partial charge in [-0.25, -0.2) is 17.9 Å². The van der Waals surface area contributed by atoms with Crippen molar-refractivity contribution in [2.45, 2.75) is 81.6 Å². The highest BCUT2D eigenvalue weighted by atomic mass is 32.2. The lowest BCUT2D eigenvalue weighted by Gasteiger charge is -2.39. The quantitative estimate of drug-likeness (QED) is 0.0124. The number of ether oxygens (including phenoxy) is 7. The maximum atomic E-state index is 14.4. The van der Waals surface area contributed by atoms with Crippen LogP contribution in [0.3, 0.4) is 0 Å². The number of carbonyl (C=O) groups is 7. The van der Waals surface area contributed by atoms with Gasteiger partial charge in [-0.1, -0.05) is 104 Å². The zero-order valence-electron chi connectivity index (χ0n) is 75.0. The number of anilines is 3. The summed E-state index contributed by atoms with van der Waals surface area (Å²) in [5.74, 6) is -0.658. The first-order valence-electron chi connectivity index (χ1n) is 43.3. The molecule has 8 aromatic carbocycles. The Bertz CT molecular complexity index is 5810. The molecule has 15 rings (SSSR count). The van der Waals surface area contributed by atoms with Crippen LogP contribution < -0.4 is 57.2 Å². The number of aliphatic carboxylic acids is 1. The minimum Gasteiger partial charge on any atom is -0.493 e. The predicted molar refractivity (Wildman–Crippen MR) is 488 cm³/mol. The molecule has 0 radical (unpaired) electrons. The van der Waals surface area contributed by atoms with Crippen LogP contribution in [0, 0.1) is 0 Å². The summed E-state index contributed by atoms with van der Waals surface area (Å²) in [6.07, 6.45) is 4.03. The van der Waals surface area contributed by atoms with Crippen LogP contribution in [-0.2, 0) is 44.0 Å². The summed E-state index contributed by atoms with van der Waals surface area (Å²) >= 11 is 0. The molecule has 6 aliphatic rings. The first-order valence-corrected chi connectivity index (χ1v) is 46.2. The summed E-state index contributed by atoms with van der Waals surface area (Å²) in [5.41, 5.74) is 8.80. The number of carboxylic acid groups (broad SMARTS) is 1. The summed E-state index contributed by atoms with van der Waals surface area (Å²) in [6.45, 7) is 16.4. The average Bonchev–Trinajstić information content (AvgIpc) is 1.60. The number of rotatable bonds is 35. The van der Waals surface area contributed by atoms with Crippen molar-refractivity contribution in [1.29, 1.82) is 0 Å². The molecule has 4 N–H and O–H groups in total. The summed E-state index contributed by atoms with van der Waals surface area (Å²) in [7, 11) is 4.25. The topological polar surface area (TPSA) is 355 Å². The average molecular weight is 1820 g/mol. The van der Waals surface area contributed by atoms with E-state index >= 15 is 0 Å². The Hall–Kier alpha value is -12.3. The first-order chi connectivity index (χ1) is 62.5. The van der Waals surface area contributed by atoms with E-state index in [0.717, 1.165) is 70.3 Å². The standard InChI is InChI=1S/C36H43N6O6S.C31H36N4O7S.C28H35N3O7/c1-25(26-10-7-6-8-11-26)40-18-20-41(21-19-40)31-13-9-12-29-34(31)36(44)42(35(29)43)30(27-14-15-32(47-4)33(22-27)48-5)16-17-37-49(45,46)28-23-38(2)39(3)24-28;1-21(22-8-5-4-6-9-22)33-16-18-34(19-17-33)26-11-7-10-24-29(26)31(37)35(30(24)36)25(14-15-32-43(38,39)40)23-12-13-27(41-2)28(20-23)42-3;1-4-29-12-14-30(15-13-29)22-8-5-7-20-26(22)28(35)31(27(20)34)21(9-6-16-38-18-25(32)33)19-10-11-23(36-2)24(17-19)37-3/h6-15,22-25,30,37H,16-21H2,1-5H3;4-13,20-21,25,32H,14-19H2,1-3H3,(H,38,39,40);5,7-8,10-11,17,21H,4,6,9,12-16,18H2,1-3H3,(H,32,33)/q+1;;/t25-,30-;21-,25-;21-/m111/s1. The first kappa shape index (κ1) is 95.3. The van der Waals surface area contributed by atoms with Gasteiger partial charge in [-0.3, -0.25) is 57.8 Å². The van der Waals surface area contributed by atoms with Gasteiger partial charge in [0.05, 0.1) is 124 Å². The van der Waals surface area contributed by atoms with Gasteiger partial charge in [0.15, 0.2) is 46.4 Å². The van der Waals surface area contributed by atoms with E-state index in [9.17, 15) is 55.0 Å². The number of fused-ring (bicyclic) bond motifs is 3. The van der Waals surface area contributed by atoms with Gasteiger partial charge in [0.2, 0.25) is 16.2 Å². The number of sulfonamides is 1. The zero-order chi connectivity index (χ0) is 92.8. The third kappa shape index (κ3) is 21.1. The molecule has 7 heterocycles.